The Labute approximate surface area is 208 Å². The van der Waals surface area contributed by atoms with E-state index in [0.717, 1.165) is 23.1 Å². The van der Waals surface area contributed by atoms with Gasteiger partial charge in [0.2, 0.25) is 11.8 Å². The largest absolute Gasteiger partial charge is 0.352 e. The van der Waals surface area contributed by atoms with Crippen molar-refractivity contribution in [3.8, 4) is 0 Å². The summed E-state index contributed by atoms with van der Waals surface area (Å²) in [7, 11) is 0. The van der Waals surface area contributed by atoms with Gasteiger partial charge < -0.3 is 10.2 Å². The molecule has 0 fully saturated rings. The Hall–Kier alpha value is -3.47. The van der Waals surface area contributed by atoms with E-state index in [9.17, 15) is 14.0 Å². The zero-order valence-electron chi connectivity index (χ0n) is 20.8. The van der Waals surface area contributed by atoms with Gasteiger partial charge in [0.05, 0.1) is 0 Å². The molecule has 2 atom stereocenters. The van der Waals surface area contributed by atoms with Gasteiger partial charge in [0.1, 0.15) is 11.9 Å². The topological polar surface area (TPSA) is 49.4 Å². The second kappa shape index (κ2) is 12.8. The third kappa shape index (κ3) is 7.25. The summed E-state index contributed by atoms with van der Waals surface area (Å²) >= 11 is 0. The molecule has 0 bridgehead atoms. The van der Waals surface area contributed by atoms with Crippen LogP contribution in [0, 0.1) is 5.82 Å². The van der Waals surface area contributed by atoms with E-state index >= 15 is 0 Å². The van der Waals surface area contributed by atoms with E-state index in [1.54, 1.807) is 17.0 Å². The molecule has 3 aromatic rings. The second-order valence-corrected chi connectivity index (χ2v) is 8.97. The molecule has 0 spiro atoms. The predicted octanol–water partition coefficient (Wildman–Crippen LogP) is 6.07. The van der Waals surface area contributed by atoms with Gasteiger partial charge >= 0.3 is 0 Å². The highest BCUT2D eigenvalue weighted by molar-refractivity contribution is 5.88. The van der Waals surface area contributed by atoms with Crippen molar-refractivity contribution in [1.82, 2.24) is 10.2 Å². The first kappa shape index (κ1) is 26.1. The zero-order chi connectivity index (χ0) is 25.2. The molecule has 184 valence electrons. The molecule has 0 aliphatic carbocycles. The van der Waals surface area contributed by atoms with E-state index in [1.807, 2.05) is 81.4 Å². The lowest BCUT2D eigenvalue weighted by atomic mass is 9.88. The van der Waals surface area contributed by atoms with Crippen LogP contribution in [-0.2, 0) is 16.1 Å². The molecule has 0 aromatic heterocycles. The Balaban J connectivity index is 1.94. The van der Waals surface area contributed by atoms with Gasteiger partial charge in [0.15, 0.2) is 0 Å². The first-order valence-corrected chi connectivity index (χ1v) is 12.4. The van der Waals surface area contributed by atoms with Crippen LogP contribution in [0.4, 0.5) is 4.39 Å². The maximum Gasteiger partial charge on any atom is 0.243 e. The van der Waals surface area contributed by atoms with Crippen LogP contribution in [0.25, 0.3) is 0 Å². The van der Waals surface area contributed by atoms with E-state index in [0.29, 0.717) is 6.42 Å². The van der Waals surface area contributed by atoms with Gasteiger partial charge in [0.25, 0.3) is 0 Å². The van der Waals surface area contributed by atoms with Crippen molar-refractivity contribution in [2.75, 3.05) is 0 Å². The summed E-state index contributed by atoms with van der Waals surface area (Å²) < 4.78 is 13.5. The lowest BCUT2D eigenvalue weighted by molar-refractivity contribution is -0.141. The number of amides is 2. The smallest absolute Gasteiger partial charge is 0.243 e. The van der Waals surface area contributed by atoms with E-state index in [-0.39, 0.29) is 42.6 Å². The molecule has 0 saturated heterocycles. The fourth-order valence-corrected chi connectivity index (χ4v) is 4.24. The SMILES string of the molecule is CC[C@@H](C)NC(=O)[C@H](CC)N(Cc1ccc(F)cc1)C(=O)CC(c1ccccc1)c1ccccc1. The standard InChI is InChI=1S/C30H35FN2O2/c1-4-22(3)32-30(35)28(5-2)33(21-23-16-18-26(31)19-17-23)29(34)20-27(24-12-8-6-9-13-24)25-14-10-7-11-15-25/h6-19,22,27-28H,4-5,20-21H2,1-3H3,(H,32,35)/t22-,28+/m1/s1. The average Bonchev–Trinajstić information content (AvgIpc) is 2.89. The van der Waals surface area contributed by atoms with Crippen molar-refractivity contribution in [3.63, 3.8) is 0 Å². The molecule has 3 rings (SSSR count). The monoisotopic (exact) mass is 474 g/mol. The summed E-state index contributed by atoms with van der Waals surface area (Å²) in [6.07, 6.45) is 1.51. The number of nitrogens with one attached hydrogen (secondary N) is 1. The summed E-state index contributed by atoms with van der Waals surface area (Å²) in [6.45, 7) is 6.12. The minimum Gasteiger partial charge on any atom is -0.352 e. The normalized spacial score (nSPS) is 12.7. The molecule has 3 aromatic carbocycles. The number of hydrogen-bond acceptors (Lipinski definition) is 2. The fraction of sp³-hybridized carbons (Fsp3) is 0.333. The number of carbonyl (C=O) groups excluding carboxylic acids is 2. The molecule has 5 heteroatoms. The number of benzene rings is 3. The van der Waals surface area contributed by atoms with Crippen LogP contribution in [0.2, 0.25) is 0 Å². The molecule has 1 N–H and O–H groups in total. The number of rotatable bonds is 11. The number of carbonyl (C=O) groups is 2. The van der Waals surface area contributed by atoms with Crippen LogP contribution in [0.5, 0.6) is 0 Å². The Morgan fingerprint density at radius 2 is 1.37 bits per heavy atom. The van der Waals surface area contributed by atoms with Crippen molar-refractivity contribution in [3.05, 3.63) is 107 Å². The summed E-state index contributed by atoms with van der Waals surface area (Å²) in [5.74, 6) is -0.747. The molecular weight excluding hydrogens is 439 g/mol. The molecule has 0 saturated carbocycles. The predicted molar refractivity (Wildman–Crippen MR) is 138 cm³/mol. The summed E-state index contributed by atoms with van der Waals surface area (Å²) in [6, 6.07) is 25.4. The maximum atomic E-state index is 13.9. The Bertz CT molecular complexity index is 1030. The highest BCUT2D eigenvalue weighted by atomic mass is 19.1. The Morgan fingerprint density at radius 1 is 0.829 bits per heavy atom. The number of hydrogen-bond donors (Lipinski definition) is 1. The lowest BCUT2D eigenvalue weighted by Crippen LogP contribution is -2.51. The van der Waals surface area contributed by atoms with E-state index in [2.05, 4.69) is 5.32 Å². The summed E-state index contributed by atoms with van der Waals surface area (Å²) in [4.78, 5) is 28.8. The van der Waals surface area contributed by atoms with Gasteiger partial charge in [-0.25, -0.2) is 4.39 Å². The molecule has 35 heavy (non-hydrogen) atoms. The van der Waals surface area contributed by atoms with Gasteiger partial charge in [-0.1, -0.05) is 86.6 Å². The highest BCUT2D eigenvalue weighted by Gasteiger charge is 2.31. The first-order chi connectivity index (χ1) is 16.9. The number of nitrogens with zero attached hydrogens (tertiary/aromatic N) is 1. The van der Waals surface area contributed by atoms with Crippen molar-refractivity contribution in [2.45, 2.75) is 64.6 Å². The number of halogens is 1. The fourth-order valence-electron chi connectivity index (χ4n) is 4.24. The van der Waals surface area contributed by atoms with Gasteiger partial charge in [-0.2, -0.15) is 0 Å². The Kier molecular flexibility index (Phi) is 9.59. The maximum absolute atomic E-state index is 13.9. The van der Waals surface area contributed by atoms with E-state index < -0.39 is 6.04 Å². The van der Waals surface area contributed by atoms with Crippen LogP contribution in [-0.4, -0.2) is 28.8 Å². The van der Waals surface area contributed by atoms with Crippen LogP contribution >= 0.6 is 0 Å². The first-order valence-electron chi connectivity index (χ1n) is 12.4. The van der Waals surface area contributed by atoms with Crippen molar-refractivity contribution in [1.29, 1.82) is 0 Å². The average molecular weight is 475 g/mol. The van der Waals surface area contributed by atoms with Crippen LogP contribution in [0.3, 0.4) is 0 Å². The van der Waals surface area contributed by atoms with Crippen LogP contribution < -0.4 is 5.32 Å². The lowest BCUT2D eigenvalue weighted by Gasteiger charge is -2.33. The van der Waals surface area contributed by atoms with Gasteiger partial charge in [-0.15, -0.1) is 0 Å². The molecular formula is C30H35FN2O2. The molecule has 0 radical (unpaired) electrons. The minimum absolute atomic E-state index is 0.0145. The molecule has 2 amide bonds. The Morgan fingerprint density at radius 3 is 1.86 bits per heavy atom. The highest BCUT2D eigenvalue weighted by Crippen LogP contribution is 2.29. The summed E-state index contributed by atoms with van der Waals surface area (Å²) in [5, 5.41) is 3.03. The molecule has 4 nitrogen and oxygen atoms in total. The molecule has 0 unspecified atom stereocenters. The van der Waals surface area contributed by atoms with Gasteiger partial charge in [-0.05, 0) is 48.6 Å². The zero-order valence-corrected chi connectivity index (χ0v) is 20.8. The quantitative estimate of drug-likeness (QED) is 0.367. The van der Waals surface area contributed by atoms with E-state index in [1.165, 1.54) is 12.1 Å². The van der Waals surface area contributed by atoms with Crippen molar-refractivity contribution in [2.24, 2.45) is 0 Å². The van der Waals surface area contributed by atoms with Crippen LogP contribution in [0.15, 0.2) is 84.9 Å². The van der Waals surface area contributed by atoms with Crippen molar-refractivity contribution < 1.29 is 14.0 Å². The molecule has 0 heterocycles. The van der Waals surface area contributed by atoms with Gasteiger partial charge in [-0.3, -0.25) is 9.59 Å². The third-order valence-corrected chi connectivity index (χ3v) is 6.44. The molecule has 0 aliphatic rings. The summed E-state index contributed by atoms with van der Waals surface area (Å²) in [5.41, 5.74) is 2.88. The minimum atomic E-state index is -0.617. The molecule has 0 aliphatic heterocycles. The second-order valence-electron chi connectivity index (χ2n) is 8.97. The third-order valence-electron chi connectivity index (χ3n) is 6.44. The van der Waals surface area contributed by atoms with Gasteiger partial charge in [0, 0.05) is 24.9 Å². The van der Waals surface area contributed by atoms with Crippen LogP contribution in [0.1, 0.15) is 62.6 Å². The van der Waals surface area contributed by atoms with E-state index in [4.69, 9.17) is 0 Å². The van der Waals surface area contributed by atoms with Crippen molar-refractivity contribution >= 4 is 11.8 Å².